The summed E-state index contributed by atoms with van der Waals surface area (Å²) < 4.78 is 0. The maximum Gasteiger partial charge on any atom is 0.253 e. The second-order valence-electron chi connectivity index (χ2n) is 6.39. The van der Waals surface area contributed by atoms with E-state index < -0.39 is 5.54 Å². The van der Waals surface area contributed by atoms with Crippen LogP contribution < -0.4 is 11.1 Å². The molecule has 5 heteroatoms. The van der Waals surface area contributed by atoms with Crippen LogP contribution in [0.15, 0.2) is 24.3 Å². The number of nitrogens with two attached hydrogens (primary N) is 1. The number of rotatable bonds is 3. The fraction of sp³-hybridized carbons (Fsp3) is 0.529. The van der Waals surface area contributed by atoms with Crippen molar-refractivity contribution >= 4 is 17.5 Å². The van der Waals surface area contributed by atoms with Gasteiger partial charge in [-0.2, -0.15) is 0 Å². The van der Waals surface area contributed by atoms with Crippen LogP contribution in [-0.4, -0.2) is 35.3 Å². The minimum atomic E-state index is -0.732. The zero-order chi connectivity index (χ0) is 15.6. The lowest BCUT2D eigenvalue weighted by atomic mass is 9.98. The SMILES string of the molecule is NC1(C(=O)Nc2ccc(C(=O)N3CCCC3)cc2)CCCC1. The molecule has 3 N–H and O–H groups in total. The average Bonchev–Trinajstić information content (AvgIpc) is 3.19. The van der Waals surface area contributed by atoms with Crippen molar-refractivity contribution < 1.29 is 9.59 Å². The van der Waals surface area contributed by atoms with Gasteiger partial charge in [-0.3, -0.25) is 9.59 Å². The molecule has 0 radical (unpaired) electrons. The van der Waals surface area contributed by atoms with E-state index in [1.165, 1.54) is 0 Å². The van der Waals surface area contributed by atoms with E-state index in [0.717, 1.165) is 51.6 Å². The molecule has 1 aromatic rings. The Bertz CT molecular complexity index is 556. The van der Waals surface area contributed by atoms with Crippen molar-refractivity contribution in [2.45, 2.75) is 44.1 Å². The number of hydrogen-bond acceptors (Lipinski definition) is 3. The number of carbonyl (C=O) groups excluding carboxylic acids is 2. The van der Waals surface area contributed by atoms with Gasteiger partial charge in [0.05, 0.1) is 5.54 Å². The van der Waals surface area contributed by atoms with Crippen LogP contribution >= 0.6 is 0 Å². The Morgan fingerprint density at radius 2 is 1.59 bits per heavy atom. The molecule has 1 heterocycles. The summed E-state index contributed by atoms with van der Waals surface area (Å²) in [6, 6.07) is 7.10. The number of nitrogens with zero attached hydrogens (tertiary/aromatic N) is 1. The second-order valence-corrected chi connectivity index (χ2v) is 6.39. The number of amides is 2. The highest BCUT2D eigenvalue weighted by Crippen LogP contribution is 2.28. The number of benzene rings is 1. The molecule has 1 aliphatic heterocycles. The van der Waals surface area contributed by atoms with Crippen LogP contribution in [0.5, 0.6) is 0 Å². The molecule has 0 spiro atoms. The summed E-state index contributed by atoms with van der Waals surface area (Å²) in [5.74, 6) is -0.0508. The van der Waals surface area contributed by atoms with Gasteiger partial charge in [0.1, 0.15) is 0 Å². The topological polar surface area (TPSA) is 75.4 Å². The van der Waals surface area contributed by atoms with Crippen LogP contribution in [0.25, 0.3) is 0 Å². The number of carbonyl (C=O) groups is 2. The molecular weight excluding hydrogens is 278 g/mol. The van der Waals surface area contributed by atoms with Gasteiger partial charge >= 0.3 is 0 Å². The Labute approximate surface area is 130 Å². The van der Waals surface area contributed by atoms with Crippen molar-refractivity contribution in [3.05, 3.63) is 29.8 Å². The summed E-state index contributed by atoms with van der Waals surface area (Å²) in [6.45, 7) is 1.68. The molecule has 1 aromatic carbocycles. The van der Waals surface area contributed by atoms with Crippen LogP contribution in [0.2, 0.25) is 0 Å². The van der Waals surface area contributed by atoms with E-state index in [1.54, 1.807) is 24.3 Å². The van der Waals surface area contributed by atoms with Crippen LogP contribution in [0.4, 0.5) is 5.69 Å². The first-order valence-electron chi connectivity index (χ1n) is 8.08. The number of anilines is 1. The number of hydrogen-bond donors (Lipinski definition) is 2. The van der Waals surface area contributed by atoms with Crippen molar-refractivity contribution in [1.29, 1.82) is 0 Å². The van der Waals surface area contributed by atoms with Gasteiger partial charge in [-0.05, 0) is 49.9 Å². The summed E-state index contributed by atoms with van der Waals surface area (Å²) in [4.78, 5) is 26.4. The quantitative estimate of drug-likeness (QED) is 0.898. The fourth-order valence-electron chi connectivity index (χ4n) is 3.29. The van der Waals surface area contributed by atoms with Gasteiger partial charge in [-0.1, -0.05) is 12.8 Å². The first-order chi connectivity index (χ1) is 10.6. The molecule has 0 bridgehead atoms. The molecular formula is C17H23N3O2. The third-order valence-electron chi connectivity index (χ3n) is 4.73. The maximum absolute atomic E-state index is 12.3. The molecule has 1 aliphatic carbocycles. The lowest BCUT2D eigenvalue weighted by Gasteiger charge is -2.22. The van der Waals surface area contributed by atoms with Crippen molar-refractivity contribution in [1.82, 2.24) is 4.90 Å². The van der Waals surface area contributed by atoms with Gasteiger partial charge in [0, 0.05) is 24.3 Å². The molecule has 3 rings (SSSR count). The molecule has 0 unspecified atom stereocenters. The van der Waals surface area contributed by atoms with Gasteiger partial charge in [0.15, 0.2) is 0 Å². The zero-order valence-corrected chi connectivity index (χ0v) is 12.8. The number of likely N-dealkylation sites (tertiary alicyclic amines) is 1. The van der Waals surface area contributed by atoms with Crippen LogP contribution in [0.3, 0.4) is 0 Å². The van der Waals surface area contributed by atoms with Crippen LogP contribution in [0, 0.1) is 0 Å². The molecule has 118 valence electrons. The Morgan fingerprint density at radius 3 is 2.18 bits per heavy atom. The van der Waals surface area contributed by atoms with E-state index in [2.05, 4.69) is 5.32 Å². The monoisotopic (exact) mass is 301 g/mol. The summed E-state index contributed by atoms with van der Waals surface area (Å²) in [7, 11) is 0. The highest BCUT2D eigenvalue weighted by molar-refractivity contribution is 5.99. The van der Waals surface area contributed by atoms with Crippen LogP contribution in [0.1, 0.15) is 48.9 Å². The Morgan fingerprint density at radius 1 is 1.00 bits per heavy atom. The van der Waals surface area contributed by atoms with Gasteiger partial charge < -0.3 is 16.0 Å². The molecule has 22 heavy (non-hydrogen) atoms. The summed E-state index contributed by atoms with van der Waals surface area (Å²) in [5.41, 5.74) is 6.77. The van der Waals surface area contributed by atoms with Gasteiger partial charge in [-0.15, -0.1) is 0 Å². The standard InChI is InChI=1S/C17H23N3O2/c18-17(9-1-2-10-17)16(22)19-14-7-5-13(6-8-14)15(21)20-11-3-4-12-20/h5-8H,1-4,9-12,18H2,(H,19,22). The lowest BCUT2D eigenvalue weighted by molar-refractivity contribution is -0.121. The molecule has 0 aromatic heterocycles. The van der Waals surface area contributed by atoms with Crippen molar-refractivity contribution in [2.24, 2.45) is 5.73 Å². The Kier molecular flexibility index (Phi) is 4.16. The second kappa shape index (κ2) is 6.08. The number of nitrogens with one attached hydrogen (secondary N) is 1. The molecule has 5 nitrogen and oxygen atoms in total. The van der Waals surface area contributed by atoms with Crippen molar-refractivity contribution in [3.63, 3.8) is 0 Å². The van der Waals surface area contributed by atoms with Gasteiger partial charge in [-0.25, -0.2) is 0 Å². The average molecular weight is 301 g/mol. The Hall–Kier alpha value is -1.88. The highest BCUT2D eigenvalue weighted by Gasteiger charge is 2.36. The highest BCUT2D eigenvalue weighted by atomic mass is 16.2. The molecule has 1 saturated heterocycles. The van der Waals surface area contributed by atoms with E-state index in [-0.39, 0.29) is 11.8 Å². The zero-order valence-electron chi connectivity index (χ0n) is 12.8. The summed E-state index contributed by atoms with van der Waals surface area (Å²) in [5, 5.41) is 2.87. The van der Waals surface area contributed by atoms with Gasteiger partial charge in [0.25, 0.3) is 5.91 Å². The fourth-order valence-corrected chi connectivity index (χ4v) is 3.29. The lowest BCUT2D eigenvalue weighted by Crippen LogP contribution is -2.48. The summed E-state index contributed by atoms with van der Waals surface area (Å²) in [6.07, 6.45) is 5.66. The molecule has 2 aliphatic rings. The third-order valence-corrected chi connectivity index (χ3v) is 4.73. The minimum Gasteiger partial charge on any atom is -0.339 e. The van der Waals surface area contributed by atoms with E-state index >= 15 is 0 Å². The molecule has 2 fully saturated rings. The molecule has 2 amide bonds. The smallest absolute Gasteiger partial charge is 0.253 e. The predicted molar refractivity (Wildman–Crippen MR) is 85.6 cm³/mol. The van der Waals surface area contributed by atoms with E-state index in [1.807, 2.05) is 4.90 Å². The third kappa shape index (κ3) is 2.99. The van der Waals surface area contributed by atoms with Crippen LogP contribution in [-0.2, 0) is 4.79 Å². The Balaban J connectivity index is 1.64. The minimum absolute atomic E-state index is 0.0708. The van der Waals surface area contributed by atoms with Crippen molar-refractivity contribution in [2.75, 3.05) is 18.4 Å². The summed E-state index contributed by atoms with van der Waals surface area (Å²) >= 11 is 0. The van der Waals surface area contributed by atoms with Gasteiger partial charge in [0.2, 0.25) is 5.91 Å². The van der Waals surface area contributed by atoms with Crippen molar-refractivity contribution in [3.8, 4) is 0 Å². The first kappa shape index (κ1) is 15.0. The normalized spacial score (nSPS) is 20.1. The first-order valence-corrected chi connectivity index (χ1v) is 8.08. The van der Waals surface area contributed by atoms with E-state index in [0.29, 0.717) is 11.3 Å². The molecule has 1 saturated carbocycles. The largest absolute Gasteiger partial charge is 0.339 e. The molecule has 0 atom stereocenters. The van der Waals surface area contributed by atoms with E-state index in [9.17, 15) is 9.59 Å². The predicted octanol–water partition coefficient (Wildman–Crippen LogP) is 2.13. The van der Waals surface area contributed by atoms with E-state index in [4.69, 9.17) is 5.73 Å². The maximum atomic E-state index is 12.3.